The molecular formula is C16H11FNa2O4. The van der Waals surface area contributed by atoms with Crippen LogP contribution < -0.4 is 0 Å². The van der Waals surface area contributed by atoms with Crippen molar-refractivity contribution in [2.24, 2.45) is 0 Å². The van der Waals surface area contributed by atoms with Crippen LogP contribution in [0.5, 0.6) is 0 Å². The predicted octanol–water partition coefficient (Wildman–Crippen LogP) is 1.39. The Labute approximate surface area is 176 Å². The third kappa shape index (κ3) is 6.11. The van der Waals surface area contributed by atoms with Crippen molar-refractivity contribution in [1.82, 2.24) is 0 Å². The molecule has 0 aliphatic carbocycles. The summed E-state index contributed by atoms with van der Waals surface area (Å²) in [6, 6.07) is 11.4. The molecule has 2 aromatic carbocycles. The molecule has 0 fully saturated rings. The van der Waals surface area contributed by atoms with Gasteiger partial charge in [0.2, 0.25) is 0 Å². The molecule has 0 bridgehead atoms. The van der Waals surface area contributed by atoms with Crippen molar-refractivity contribution in [1.29, 1.82) is 0 Å². The van der Waals surface area contributed by atoms with Gasteiger partial charge in [0, 0.05) is 0 Å². The number of ether oxygens (including phenoxy) is 1. The van der Waals surface area contributed by atoms with Crippen LogP contribution in [0.3, 0.4) is 0 Å². The average molecular weight is 332 g/mol. The van der Waals surface area contributed by atoms with Gasteiger partial charge in [0.05, 0.1) is 16.7 Å². The summed E-state index contributed by atoms with van der Waals surface area (Å²) < 4.78 is 17.9. The van der Waals surface area contributed by atoms with Crippen LogP contribution >= 0.6 is 0 Å². The minimum atomic E-state index is -1.25. The fraction of sp³-hybridized carbons (Fsp3) is 0. The number of benzene rings is 2. The number of hydrogen-bond donors (Lipinski definition) is 1. The number of carboxylic acids is 1. The number of esters is 1. The molecule has 0 radical (unpaired) electrons. The summed E-state index contributed by atoms with van der Waals surface area (Å²) >= 11 is 0. The SMILES string of the molecule is O=C(O)c1ccccc1C(=O)OC#Cc1ccccc1F.[NaH].[NaH]. The molecule has 0 unspecified atom stereocenters. The summed E-state index contributed by atoms with van der Waals surface area (Å²) in [6.07, 6.45) is 2.07. The molecule has 0 aliphatic heterocycles. The first-order valence-corrected chi connectivity index (χ1v) is 5.88. The molecule has 23 heavy (non-hydrogen) atoms. The number of carboxylic acid groups (broad SMARTS) is 1. The van der Waals surface area contributed by atoms with Gasteiger partial charge in [-0.15, -0.1) is 0 Å². The maximum absolute atomic E-state index is 13.3. The Morgan fingerprint density at radius 3 is 2.13 bits per heavy atom. The topological polar surface area (TPSA) is 63.6 Å². The number of hydrogen-bond acceptors (Lipinski definition) is 3. The number of carbonyl (C=O) groups excluding carboxylic acids is 1. The van der Waals surface area contributed by atoms with E-state index < -0.39 is 17.8 Å². The molecular weight excluding hydrogens is 321 g/mol. The van der Waals surface area contributed by atoms with Crippen LogP contribution in [0.4, 0.5) is 4.39 Å². The molecule has 0 spiro atoms. The van der Waals surface area contributed by atoms with E-state index in [1.54, 1.807) is 6.07 Å². The van der Waals surface area contributed by atoms with Gasteiger partial charge in [-0.2, -0.15) is 0 Å². The Kier molecular flexibility index (Phi) is 10.1. The van der Waals surface area contributed by atoms with E-state index in [0.717, 1.165) is 0 Å². The Bertz CT molecular complexity index is 766. The van der Waals surface area contributed by atoms with Crippen LogP contribution in [-0.2, 0) is 4.74 Å². The summed E-state index contributed by atoms with van der Waals surface area (Å²) in [6.45, 7) is 0. The van der Waals surface area contributed by atoms with Crippen LogP contribution in [0.25, 0.3) is 0 Å². The first-order chi connectivity index (χ1) is 10.1. The van der Waals surface area contributed by atoms with Crippen LogP contribution in [-0.4, -0.2) is 76.2 Å². The molecule has 108 valence electrons. The third-order valence-corrected chi connectivity index (χ3v) is 2.58. The van der Waals surface area contributed by atoms with Gasteiger partial charge < -0.3 is 9.84 Å². The van der Waals surface area contributed by atoms with Gasteiger partial charge in [-0.3, -0.25) is 0 Å². The molecule has 0 heterocycles. The molecule has 0 amide bonds. The van der Waals surface area contributed by atoms with E-state index >= 15 is 0 Å². The molecule has 2 aromatic rings. The van der Waals surface area contributed by atoms with Crippen LogP contribution in [0.15, 0.2) is 48.5 Å². The molecule has 0 aromatic heterocycles. The second-order valence-electron chi connectivity index (χ2n) is 3.95. The van der Waals surface area contributed by atoms with E-state index in [2.05, 4.69) is 16.8 Å². The monoisotopic (exact) mass is 332 g/mol. The van der Waals surface area contributed by atoms with Gasteiger partial charge in [0.25, 0.3) is 0 Å². The average Bonchev–Trinajstić information content (AvgIpc) is 2.49. The summed E-state index contributed by atoms with van der Waals surface area (Å²) in [5.41, 5.74) is -0.222. The second-order valence-corrected chi connectivity index (χ2v) is 3.95. The van der Waals surface area contributed by atoms with Gasteiger partial charge in [-0.1, -0.05) is 24.3 Å². The Morgan fingerprint density at radius 2 is 1.52 bits per heavy atom. The van der Waals surface area contributed by atoms with E-state index in [1.165, 1.54) is 42.5 Å². The molecule has 0 atom stereocenters. The summed E-state index contributed by atoms with van der Waals surface area (Å²) in [7, 11) is 0. The van der Waals surface area contributed by atoms with Crippen molar-refractivity contribution >= 4 is 71.1 Å². The zero-order valence-electron chi connectivity index (χ0n) is 10.7. The molecule has 0 saturated heterocycles. The van der Waals surface area contributed by atoms with E-state index in [1.807, 2.05) is 0 Å². The fourth-order valence-electron chi connectivity index (χ4n) is 1.59. The number of rotatable bonds is 2. The zero-order valence-corrected chi connectivity index (χ0v) is 10.7. The van der Waals surface area contributed by atoms with Crippen molar-refractivity contribution in [2.75, 3.05) is 0 Å². The Morgan fingerprint density at radius 1 is 0.957 bits per heavy atom. The summed E-state index contributed by atoms with van der Waals surface area (Å²) in [4.78, 5) is 22.7. The predicted molar refractivity (Wildman–Crippen MR) is 86.4 cm³/mol. The van der Waals surface area contributed by atoms with Crippen molar-refractivity contribution in [2.45, 2.75) is 0 Å². The first-order valence-electron chi connectivity index (χ1n) is 5.88. The van der Waals surface area contributed by atoms with E-state index in [9.17, 15) is 14.0 Å². The molecule has 7 heteroatoms. The summed E-state index contributed by atoms with van der Waals surface area (Å²) in [5.74, 6) is -0.340. The normalized spacial score (nSPS) is 8.57. The van der Waals surface area contributed by atoms with E-state index in [4.69, 9.17) is 5.11 Å². The van der Waals surface area contributed by atoms with Gasteiger partial charge >= 0.3 is 71.1 Å². The third-order valence-electron chi connectivity index (χ3n) is 2.58. The van der Waals surface area contributed by atoms with Crippen molar-refractivity contribution < 1.29 is 23.8 Å². The zero-order chi connectivity index (χ0) is 15.2. The fourth-order valence-corrected chi connectivity index (χ4v) is 1.59. The van der Waals surface area contributed by atoms with Crippen molar-refractivity contribution in [3.05, 3.63) is 71.0 Å². The molecule has 1 N–H and O–H groups in total. The molecule has 0 aliphatic rings. The van der Waals surface area contributed by atoms with E-state index in [0.29, 0.717) is 0 Å². The molecule has 0 saturated carbocycles. The van der Waals surface area contributed by atoms with Crippen LogP contribution in [0.1, 0.15) is 26.3 Å². The number of carbonyl (C=O) groups is 2. The van der Waals surface area contributed by atoms with Gasteiger partial charge in [0.15, 0.2) is 0 Å². The Balaban J connectivity index is 0.00000242. The second kappa shape index (κ2) is 10.6. The minimum absolute atomic E-state index is 0. The molecule has 4 nitrogen and oxygen atoms in total. The van der Waals surface area contributed by atoms with Crippen LogP contribution in [0, 0.1) is 17.8 Å². The van der Waals surface area contributed by atoms with Gasteiger partial charge in [-0.05, 0) is 30.2 Å². The standard InChI is InChI=1S/C16H9FO4.2Na.2H/c17-14-8-4-1-5-11(14)9-10-21-16(20)13-7-3-2-6-12(13)15(18)19;;;;/h1-8H,(H,18,19);;;;. The quantitative estimate of drug-likeness (QED) is 0.513. The summed E-state index contributed by atoms with van der Waals surface area (Å²) in [5, 5.41) is 8.96. The van der Waals surface area contributed by atoms with Crippen LogP contribution in [0.2, 0.25) is 0 Å². The van der Waals surface area contributed by atoms with Gasteiger partial charge in [0.1, 0.15) is 11.9 Å². The van der Waals surface area contributed by atoms with Crippen molar-refractivity contribution in [3.8, 4) is 12.0 Å². The molecule has 2 rings (SSSR count). The Hall–Kier alpha value is -1.13. The maximum atomic E-state index is 13.3. The first kappa shape index (κ1) is 21.9. The van der Waals surface area contributed by atoms with Crippen molar-refractivity contribution in [3.63, 3.8) is 0 Å². The number of aromatic carboxylic acids is 1. The van der Waals surface area contributed by atoms with E-state index in [-0.39, 0.29) is 75.8 Å². The van der Waals surface area contributed by atoms with Gasteiger partial charge in [-0.25, -0.2) is 14.0 Å². The number of halogens is 1.